The number of aromatic amines is 1. The van der Waals surface area contributed by atoms with Crippen LogP contribution in [0.1, 0.15) is 36.8 Å². The number of carboxylic acid groups (broad SMARTS) is 3. The first-order valence-electron chi connectivity index (χ1n) is 14.0. The van der Waals surface area contributed by atoms with Crippen molar-refractivity contribution in [2.75, 3.05) is 0 Å². The number of phenols is 1. The number of benzene rings is 2. The van der Waals surface area contributed by atoms with Crippen LogP contribution < -0.4 is 21.7 Å². The van der Waals surface area contributed by atoms with Crippen LogP contribution in [0.4, 0.5) is 0 Å². The third kappa shape index (κ3) is 10.4. The molecule has 4 unspecified atom stereocenters. The highest BCUT2D eigenvalue weighted by Gasteiger charge is 2.31. The van der Waals surface area contributed by atoms with Crippen molar-refractivity contribution in [1.82, 2.24) is 20.9 Å². The summed E-state index contributed by atoms with van der Waals surface area (Å²) in [5.41, 5.74) is 7.62. The molecular formula is C30H35N5O10. The molecule has 1 heterocycles. The van der Waals surface area contributed by atoms with Crippen LogP contribution in [0, 0.1) is 0 Å². The predicted octanol–water partition coefficient (Wildman–Crippen LogP) is 0.255. The summed E-state index contributed by atoms with van der Waals surface area (Å²) in [6.07, 6.45) is -0.173. The molecule has 0 spiro atoms. The highest BCUT2D eigenvalue weighted by atomic mass is 16.4. The van der Waals surface area contributed by atoms with Gasteiger partial charge in [0.15, 0.2) is 0 Å². The van der Waals surface area contributed by atoms with E-state index in [1.54, 1.807) is 30.5 Å². The number of carboxylic acids is 3. The van der Waals surface area contributed by atoms with Crippen LogP contribution in [-0.2, 0) is 41.6 Å². The molecule has 0 fully saturated rings. The van der Waals surface area contributed by atoms with E-state index in [2.05, 4.69) is 20.9 Å². The molecule has 3 aromatic rings. The van der Waals surface area contributed by atoms with Crippen molar-refractivity contribution >= 4 is 46.5 Å². The van der Waals surface area contributed by atoms with Crippen molar-refractivity contribution in [1.29, 1.82) is 0 Å². The molecule has 3 rings (SSSR count). The summed E-state index contributed by atoms with van der Waals surface area (Å²) in [5, 5.41) is 45.5. The number of H-pyrrole nitrogens is 1. The zero-order chi connectivity index (χ0) is 33.1. The van der Waals surface area contributed by atoms with E-state index in [0.29, 0.717) is 11.1 Å². The largest absolute Gasteiger partial charge is 0.508 e. The average molecular weight is 626 g/mol. The summed E-state index contributed by atoms with van der Waals surface area (Å²) < 4.78 is 0. The van der Waals surface area contributed by atoms with Gasteiger partial charge in [-0.25, -0.2) is 4.79 Å². The highest BCUT2D eigenvalue weighted by Crippen LogP contribution is 2.20. The van der Waals surface area contributed by atoms with Crippen molar-refractivity contribution in [3.63, 3.8) is 0 Å². The van der Waals surface area contributed by atoms with Crippen LogP contribution >= 0.6 is 0 Å². The Hall–Kier alpha value is -5.44. The molecule has 10 N–H and O–H groups in total. The number of aromatic nitrogens is 1. The Balaban J connectivity index is 1.86. The molecule has 0 saturated carbocycles. The van der Waals surface area contributed by atoms with Gasteiger partial charge in [-0.1, -0.05) is 30.3 Å². The van der Waals surface area contributed by atoms with E-state index in [1.807, 2.05) is 0 Å². The van der Waals surface area contributed by atoms with Crippen LogP contribution in [0.5, 0.6) is 5.75 Å². The first kappa shape index (κ1) is 34.1. The smallest absolute Gasteiger partial charge is 0.326 e. The minimum atomic E-state index is -1.46. The number of nitrogens with two attached hydrogens (primary N) is 1. The zero-order valence-corrected chi connectivity index (χ0v) is 24.1. The van der Waals surface area contributed by atoms with E-state index in [9.17, 15) is 44.1 Å². The van der Waals surface area contributed by atoms with Crippen LogP contribution in [-0.4, -0.2) is 85.2 Å². The van der Waals surface area contributed by atoms with Gasteiger partial charge in [0.1, 0.15) is 23.9 Å². The van der Waals surface area contributed by atoms with Gasteiger partial charge < -0.3 is 47.1 Å². The second-order valence-corrected chi connectivity index (χ2v) is 10.4. The molecule has 45 heavy (non-hydrogen) atoms. The zero-order valence-electron chi connectivity index (χ0n) is 24.1. The van der Waals surface area contributed by atoms with Crippen LogP contribution in [0.2, 0.25) is 0 Å². The van der Waals surface area contributed by atoms with Crippen LogP contribution in [0.25, 0.3) is 10.9 Å². The van der Waals surface area contributed by atoms with E-state index < -0.39 is 72.6 Å². The number of aromatic hydroxyl groups is 1. The van der Waals surface area contributed by atoms with E-state index >= 15 is 0 Å². The van der Waals surface area contributed by atoms with E-state index in [4.69, 9.17) is 10.8 Å². The molecule has 3 amide bonds. The summed E-state index contributed by atoms with van der Waals surface area (Å²) in [5.74, 6) is -6.50. The number of hydrogen-bond acceptors (Lipinski definition) is 8. The second kappa shape index (κ2) is 15.9. The lowest BCUT2D eigenvalue weighted by atomic mass is 10.0. The summed E-state index contributed by atoms with van der Waals surface area (Å²) in [7, 11) is 0. The summed E-state index contributed by atoms with van der Waals surface area (Å²) in [6.45, 7) is 0. The van der Waals surface area contributed by atoms with E-state index in [-0.39, 0.29) is 31.4 Å². The number of nitrogens with one attached hydrogen (secondary N) is 4. The van der Waals surface area contributed by atoms with Gasteiger partial charge >= 0.3 is 17.9 Å². The number of carbonyl (C=O) groups excluding carboxylic acids is 3. The van der Waals surface area contributed by atoms with Gasteiger partial charge in [-0.2, -0.15) is 0 Å². The van der Waals surface area contributed by atoms with Gasteiger partial charge in [-0.3, -0.25) is 24.0 Å². The van der Waals surface area contributed by atoms with Crippen molar-refractivity contribution < 1.29 is 49.2 Å². The summed E-state index contributed by atoms with van der Waals surface area (Å²) in [6, 6.07) is 7.35. The van der Waals surface area contributed by atoms with Crippen molar-refractivity contribution in [2.45, 2.75) is 62.7 Å². The third-order valence-corrected chi connectivity index (χ3v) is 7.01. The normalized spacial score (nSPS) is 13.6. The van der Waals surface area contributed by atoms with Gasteiger partial charge in [-0.05, 0) is 42.2 Å². The molecule has 0 aliphatic carbocycles. The quantitative estimate of drug-likeness (QED) is 0.0982. The maximum absolute atomic E-state index is 13.6. The lowest BCUT2D eigenvalue weighted by Gasteiger charge is -2.25. The maximum Gasteiger partial charge on any atom is 0.326 e. The van der Waals surface area contributed by atoms with Gasteiger partial charge in [-0.15, -0.1) is 0 Å². The molecule has 240 valence electrons. The van der Waals surface area contributed by atoms with Gasteiger partial charge in [0.05, 0.1) is 6.04 Å². The molecule has 0 saturated heterocycles. The molecule has 4 atom stereocenters. The highest BCUT2D eigenvalue weighted by molar-refractivity contribution is 5.95. The van der Waals surface area contributed by atoms with Crippen molar-refractivity contribution in [3.05, 3.63) is 65.9 Å². The van der Waals surface area contributed by atoms with E-state index in [1.165, 1.54) is 24.3 Å². The minimum absolute atomic E-state index is 0.0245. The monoisotopic (exact) mass is 625 g/mol. The van der Waals surface area contributed by atoms with Crippen molar-refractivity contribution in [3.8, 4) is 5.75 Å². The predicted molar refractivity (Wildman–Crippen MR) is 159 cm³/mol. The Morgan fingerprint density at radius 2 is 1.29 bits per heavy atom. The maximum atomic E-state index is 13.6. The number of carbonyl (C=O) groups is 6. The molecule has 0 aliphatic rings. The number of amides is 3. The topological polar surface area (TPSA) is 261 Å². The molecule has 0 aliphatic heterocycles. The molecular weight excluding hydrogens is 590 g/mol. The second-order valence-electron chi connectivity index (χ2n) is 10.4. The molecule has 2 aromatic carbocycles. The Morgan fingerprint density at radius 3 is 1.93 bits per heavy atom. The number of phenolic OH excluding ortho intramolecular Hbond substituents is 1. The number of para-hydroxylation sites is 1. The Kier molecular flexibility index (Phi) is 12.0. The molecule has 1 aromatic heterocycles. The fourth-order valence-corrected chi connectivity index (χ4v) is 4.57. The molecule has 15 heteroatoms. The summed E-state index contributed by atoms with van der Waals surface area (Å²) in [4.78, 5) is 76.9. The first-order valence-corrected chi connectivity index (χ1v) is 14.0. The fourth-order valence-electron chi connectivity index (χ4n) is 4.57. The SMILES string of the molecule is NC(CCC(=O)O)C(=O)NC(CCC(=O)O)C(=O)NC(Cc1c[nH]c2ccccc12)C(=O)NC(Cc1ccc(O)cc1)C(=O)O. The fraction of sp³-hybridized carbons (Fsp3) is 0.333. The number of aliphatic carboxylic acids is 3. The molecule has 0 bridgehead atoms. The van der Waals surface area contributed by atoms with Crippen LogP contribution in [0.3, 0.4) is 0 Å². The first-order chi connectivity index (χ1) is 21.3. The number of rotatable bonds is 17. The number of hydrogen-bond donors (Lipinski definition) is 9. The van der Waals surface area contributed by atoms with Crippen molar-refractivity contribution in [2.24, 2.45) is 5.73 Å². The minimum Gasteiger partial charge on any atom is -0.508 e. The molecule has 15 nitrogen and oxygen atoms in total. The van der Waals surface area contributed by atoms with Crippen LogP contribution in [0.15, 0.2) is 54.7 Å². The number of fused-ring (bicyclic) bond motifs is 1. The Morgan fingerprint density at radius 1 is 0.711 bits per heavy atom. The summed E-state index contributed by atoms with van der Waals surface area (Å²) >= 11 is 0. The Labute approximate surface area is 256 Å². The Bertz CT molecular complexity index is 1540. The lowest BCUT2D eigenvalue weighted by Crippen LogP contribution is -2.58. The van der Waals surface area contributed by atoms with Gasteiger partial charge in [0, 0.05) is 42.8 Å². The molecule has 0 radical (unpaired) electrons. The third-order valence-electron chi connectivity index (χ3n) is 7.01. The van der Waals surface area contributed by atoms with E-state index in [0.717, 1.165) is 10.9 Å². The average Bonchev–Trinajstić information content (AvgIpc) is 3.40. The lowest BCUT2D eigenvalue weighted by molar-refractivity contribution is -0.142. The van der Waals surface area contributed by atoms with Gasteiger partial charge in [0.2, 0.25) is 17.7 Å². The van der Waals surface area contributed by atoms with Gasteiger partial charge in [0.25, 0.3) is 0 Å². The standard InChI is InChI=1S/C30H35N5O10/c31-20(9-11-25(37)38)27(41)33-22(10-12-26(39)40)28(42)34-23(14-17-15-32-21-4-2-1-3-19(17)21)29(43)35-24(30(44)45)13-16-5-7-18(36)8-6-16/h1-8,15,20,22-24,32,36H,9-14,31H2,(H,33,41)(H,34,42)(H,35,43)(H,37,38)(H,39,40)(H,44,45).